The van der Waals surface area contributed by atoms with Gasteiger partial charge >= 0.3 is 0 Å². The molecule has 0 saturated heterocycles. The monoisotopic (exact) mass is 524 g/mol. The van der Waals surface area contributed by atoms with Crippen LogP contribution in [-0.2, 0) is 9.13 Å². The second-order valence-corrected chi connectivity index (χ2v) is 14.1. The molecule has 182 valence electrons. The summed E-state index contributed by atoms with van der Waals surface area (Å²) in [4.78, 5) is 0. The lowest BCUT2D eigenvalue weighted by atomic mass is 10.0. The molecule has 1 aromatic heterocycles. The molecule has 5 aromatic rings. The van der Waals surface area contributed by atoms with Crippen molar-refractivity contribution < 1.29 is 22.6 Å². The molecule has 0 saturated carbocycles. The van der Waals surface area contributed by atoms with Crippen molar-refractivity contribution >= 4 is 25.3 Å². The molecule has 3 unspecified atom stereocenters. The Hall–Kier alpha value is -3.78. The molecule has 0 spiro atoms. The Bertz CT molecular complexity index is 1740. The standard InChI is InChI=1S/C30H22O5P2/c31-36(28-17-7-3-12-23(28)21-10-1-5-14-25(21)34-36)20-30(27-16-9-19-33-27)37(32)29-18-8-4-13-24(29)22-11-2-6-15-26(22)35-37/h1-19,30H,20H2. The summed E-state index contributed by atoms with van der Waals surface area (Å²) in [5.41, 5.74) is 2.64. The lowest BCUT2D eigenvalue weighted by Gasteiger charge is -2.36. The normalized spacial score (nSPS) is 21.8. The Balaban J connectivity index is 1.41. The topological polar surface area (TPSA) is 65.7 Å². The smallest absolute Gasteiger partial charge is 0.288 e. The summed E-state index contributed by atoms with van der Waals surface area (Å²) in [5.74, 6) is 1.54. The van der Waals surface area contributed by atoms with Crippen LogP contribution >= 0.6 is 14.7 Å². The summed E-state index contributed by atoms with van der Waals surface area (Å²) in [6, 6.07) is 33.8. The fourth-order valence-electron chi connectivity index (χ4n) is 5.35. The number of rotatable bonds is 4. The van der Waals surface area contributed by atoms with E-state index in [1.807, 2.05) is 97.1 Å². The summed E-state index contributed by atoms with van der Waals surface area (Å²) in [5, 5.41) is 1.20. The molecule has 2 aliphatic rings. The third kappa shape index (κ3) is 3.46. The van der Waals surface area contributed by atoms with Gasteiger partial charge in [-0.2, -0.15) is 0 Å². The largest absolute Gasteiger partial charge is 0.468 e. The van der Waals surface area contributed by atoms with E-state index in [1.54, 1.807) is 18.4 Å². The first-order valence-electron chi connectivity index (χ1n) is 12.1. The number of para-hydroxylation sites is 2. The molecule has 0 bridgehead atoms. The van der Waals surface area contributed by atoms with E-state index in [-0.39, 0.29) is 6.16 Å². The van der Waals surface area contributed by atoms with Crippen molar-refractivity contribution in [1.29, 1.82) is 0 Å². The van der Waals surface area contributed by atoms with Crippen LogP contribution in [0.25, 0.3) is 22.3 Å². The summed E-state index contributed by atoms with van der Waals surface area (Å²) >= 11 is 0. The van der Waals surface area contributed by atoms with E-state index >= 15 is 4.57 Å². The van der Waals surface area contributed by atoms with Crippen molar-refractivity contribution in [3.63, 3.8) is 0 Å². The van der Waals surface area contributed by atoms with Crippen molar-refractivity contribution in [3.8, 4) is 33.8 Å². The Labute approximate surface area is 214 Å². The van der Waals surface area contributed by atoms with Crippen LogP contribution in [0, 0.1) is 0 Å². The lowest BCUT2D eigenvalue weighted by molar-refractivity contribution is 0.446. The highest BCUT2D eigenvalue weighted by atomic mass is 31.2. The van der Waals surface area contributed by atoms with Gasteiger partial charge in [0.2, 0.25) is 0 Å². The zero-order valence-corrected chi connectivity index (χ0v) is 21.5. The Morgan fingerprint density at radius 1 is 0.568 bits per heavy atom. The van der Waals surface area contributed by atoms with Crippen molar-refractivity contribution in [3.05, 3.63) is 121 Å². The van der Waals surface area contributed by atoms with E-state index in [0.717, 1.165) is 22.3 Å². The van der Waals surface area contributed by atoms with Gasteiger partial charge in [-0.1, -0.05) is 72.8 Å². The average Bonchev–Trinajstić information content (AvgIpc) is 3.47. The number of hydrogen-bond acceptors (Lipinski definition) is 5. The molecular formula is C30H22O5P2. The second kappa shape index (κ2) is 8.38. The van der Waals surface area contributed by atoms with Gasteiger partial charge < -0.3 is 13.5 Å². The van der Waals surface area contributed by atoms with E-state index in [0.29, 0.717) is 27.9 Å². The van der Waals surface area contributed by atoms with Crippen LogP contribution < -0.4 is 19.7 Å². The van der Waals surface area contributed by atoms with Crippen molar-refractivity contribution in [2.75, 3.05) is 6.16 Å². The van der Waals surface area contributed by atoms with Gasteiger partial charge in [-0.25, -0.2) is 0 Å². The van der Waals surface area contributed by atoms with Crippen LogP contribution in [0.1, 0.15) is 11.4 Å². The van der Waals surface area contributed by atoms with Crippen LogP contribution in [0.4, 0.5) is 0 Å². The number of hydrogen-bond donors (Lipinski definition) is 0. The molecule has 3 atom stereocenters. The second-order valence-electron chi connectivity index (χ2n) is 9.19. The van der Waals surface area contributed by atoms with Crippen LogP contribution in [0.5, 0.6) is 11.5 Å². The van der Waals surface area contributed by atoms with Gasteiger partial charge in [0.05, 0.1) is 23.0 Å². The maximum Gasteiger partial charge on any atom is 0.288 e. The van der Waals surface area contributed by atoms with Crippen LogP contribution in [0.2, 0.25) is 0 Å². The molecule has 37 heavy (non-hydrogen) atoms. The Morgan fingerprint density at radius 2 is 1.11 bits per heavy atom. The number of benzene rings is 4. The van der Waals surface area contributed by atoms with E-state index < -0.39 is 20.4 Å². The highest BCUT2D eigenvalue weighted by Crippen LogP contribution is 2.68. The highest BCUT2D eigenvalue weighted by molar-refractivity contribution is 7.72. The Morgan fingerprint density at radius 3 is 1.76 bits per heavy atom. The molecule has 0 fully saturated rings. The zero-order valence-electron chi connectivity index (χ0n) is 19.7. The van der Waals surface area contributed by atoms with E-state index in [1.165, 1.54) is 0 Å². The molecule has 0 aliphatic carbocycles. The van der Waals surface area contributed by atoms with Gasteiger partial charge in [0, 0.05) is 11.1 Å². The fourth-order valence-corrected chi connectivity index (χ4v) is 11.5. The van der Waals surface area contributed by atoms with Crippen LogP contribution in [0.3, 0.4) is 0 Å². The molecule has 0 radical (unpaired) electrons. The van der Waals surface area contributed by atoms with Crippen LogP contribution in [-0.4, -0.2) is 6.16 Å². The molecule has 7 rings (SSSR count). The molecule has 3 heterocycles. The minimum absolute atomic E-state index is 0.0420. The van der Waals surface area contributed by atoms with Gasteiger partial charge in [0.1, 0.15) is 22.9 Å². The van der Waals surface area contributed by atoms with E-state index in [2.05, 4.69) is 0 Å². The first-order chi connectivity index (χ1) is 18.1. The third-order valence-corrected chi connectivity index (χ3v) is 12.6. The molecule has 5 nitrogen and oxygen atoms in total. The average molecular weight is 524 g/mol. The van der Waals surface area contributed by atoms with Crippen molar-refractivity contribution in [2.24, 2.45) is 0 Å². The first-order valence-corrected chi connectivity index (χ1v) is 15.6. The van der Waals surface area contributed by atoms with E-state index in [4.69, 9.17) is 13.5 Å². The minimum Gasteiger partial charge on any atom is -0.468 e. The lowest BCUT2D eigenvalue weighted by Crippen LogP contribution is -2.27. The molecule has 2 aliphatic heterocycles. The van der Waals surface area contributed by atoms with Crippen molar-refractivity contribution in [2.45, 2.75) is 5.66 Å². The van der Waals surface area contributed by atoms with Gasteiger partial charge in [-0.15, -0.1) is 0 Å². The van der Waals surface area contributed by atoms with Crippen LogP contribution in [0.15, 0.2) is 120 Å². The highest BCUT2D eigenvalue weighted by Gasteiger charge is 2.50. The predicted octanol–water partition coefficient (Wildman–Crippen LogP) is 7.65. The zero-order chi connectivity index (χ0) is 25.0. The van der Waals surface area contributed by atoms with E-state index in [9.17, 15) is 4.57 Å². The molecular weight excluding hydrogens is 502 g/mol. The summed E-state index contributed by atoms with van der Waals surface area (Å²) in [6.07, 6.45) is 1.50. The summed E-state index contributed by atoms with van der Waals surface area (Å²) in [6.45, 7) is 0. The summed E-state index contributed by atoms with van der Waals surface area (Å²) in [7, 11) is -7.24. The minimum atomic E-state index is -3.69. The molecule has 7 heteroatoms. The van der Waals surface area contributed by atoms with Crippen molar-refractivity contribution in [1.82, 2.24) is 0 Å². The SMILES string of the molecule is O=P1(CC(c2ccco2)P2(=O)Oc3ccccc3-c3ccccc32)Oc2ccccc2-c2ccccc21. The van der Waals surface area contributed by atoms with Gasteiger partial charge in [0.15, 0.2) is 0 Å². The molecule has 0 amide bonds. The third-order valence-electron chi connectivity index (χ3n) is 7.04. The molecule has 4 aromatic carbocycles. The summed E-state index contributed by atoms with van der Waals surface area (Å²) < 4.78 is 48.5. The maximum absolute atomic E-state index is 15.1. The van der Waals surface area contributed by atoms with Gasteiger partial charge in [-0.05, 0) is 47.5 Å². The van der Waals surface area contributed by atoms with Gasteiger partial charge in [0.25, 0.3) is 14.7 Å². The number of fused-ring (bicyclic) bond motifs is 6. The fraction of sp³-hybridized carbons (Fsp3) is 0.0667. The first kappa shape index (κ1) is 22.4. The quantitative estimate of drug-likeness (QED) is 0.226. The predicted molar refractivity (Wildman–Crippen MR) is 146 cm³/mol. The maximum atomic E-state index is 15.1. The molecule has 0 N–H and O–H groups in total. The van der Waals surface area contributed by atoms with Gasteiger partial charge in [-0.3, -0.25) is 9.13 Å². The Kier molecular flexibility index (Phi) is 5.08. The number of furan rings is 1.